The monoisotopic (exact) mass is 253 g/mol. The van der Waals surface area contributed by atoms with Crippen molar-refractivity contribution in [3.63, 3.8) is 0 Å². The Morgan fingerprint density at radius 3 is 2.59 bits per heavy atom. The average molecular weight is 253 g/mol. The van der Waals surface area contributed by atoms with Gasteiger partial charge in [0, 0.05) is 6.04 Å². The highest BCUT2D eigenvalue weighted by Gasteiger charge is 2.18. The topological polar surface area (TPSA) is 12.0 Å². The number of rotatable bonds is 8. The summed E-state index contributed by atoms with van der Waals surface area (Å²) >= 11 is 1.80. The first-order valence-corrected chi connectivity index (χ1v) is 7.82. The molecule has 0 radical (unpaired) electrons. The number of nitrogens with one attached hydrogen (secondary N) is 1. The Morgan fingerprint density at radius 2 is 2.06 bits per heavy atom. The van der Waals surface area contributed by atoms with Gasteiger partial charge in [-0.15, -0.1) is 0 Å². The van der Waals surface area contributed by atoms with Gasteiger partial charge >= 0.3 is 0 Å². The van der Waals surface area contributed by atoms with Crippen LogP contribution in [0.1, 0.15) is 46.1 Å². The molecule has 98 valence electrons. The lowest BCUT2D eigenvalue weighted by Crippen LogP contribution is -2.37. The molecule has 0 saturated carbocycles. The van der Waals surface area contributed by atoms with Crippen LogP contribution in [-0.4, -0.2) is 12.6 Å². The highest BCUT2D eigenvalue weighted by molar-refractivity contribution is 7.07. The van der Waals surface area contributed by atoms with E-state index in [2.05, 4.69) is 49.8 Å². The van der Waals surface area contributed by atoms with E-state index in [4.69, 9.17) is 0 Å². The predicted molar refractivity (Wildman–Crippen MR) is 78.7 cm³/mol. The van der Waals surface area contributed by atoms with E-state index in [1.165, 1.54) is 24.8 Å². The molecule has 0 bridgehead atoms. The molecule has 0 aliphatic rings. The van der Waals surface area contributed by atoms with Crippen molar-refractivity contribution in [2.45, 2.75) is 53.0 Å². The van der Waals surface area contributed by atoms with E-state index in [1.807, 2.05) is 0 Å². The maximum atomic E-state index is 3.72. The molecule has 1 N–H and O–H groups in total. The van der Waals surface area contributed by atoms with Gasteiger partial charge in [0.2, 0.25) is 0 Å². The number of hydrogen-bond acceptors (Lipinski definition) is 2. The fraction of sp³-hybridized carbons (Fsp3) is 0.733. The molecule has 2 unspecified atom stereocenters. The molecule has 0 fully saturated rings. The van der Waals surface area contributed by atoms with Crippen molar-refractivity contribution in [2.75, 3.05) is 6.54 Å². The Bertz CT molecular complexity index is 279. The lowest BCUT2D eigenvalue weighted by Gasteiger charge is -2.26. The number of hydrogen-bond donors (Lipinski definition) is 1. The summed E-state index contributed by atoms with van der Waals surface area (Å²) in [5, 5.41) is 8.18. The average Bonchev–Trinajstić information content (AvgIpc) is 2.75. The zero-order valence-corrected chi connectivity index (χ0v) is 12.5. The molecule has 0 amide bonds. The third kappa shape index (κ3) is 5.69. The van der Waals surface area contributed by atoms with Gasteiger partial charge in [0.1, 0.15) is 0 Å². The van der Waals surface area contributed by atoms with Gasteiger partial charge in [-0.25, -0.2) is 0 Å². The fourth-order valence-corrected chi connectivity index (χ4v) is 3.06. The van der Waals surface area contributed by atoms with Crippen LogP contribution in [0.15, 0.2) is 16.8 Å². The SMILES string of the molecule is CCCNC(Cc1ccsc1)C(C)CC(C)C. The standard InChI is InChI=1S/C15H27NS/c1-5-7-16-15(13(4)9-12(2)3)10-14-6-8-17-11-14/h6,8,11-13,15-16H,5,7,9-10H2,1-4H3. The summed E-state index contributed by atoms with van der Waals surface area (Å²) in [7, 11) is 0. The van der Waals surface area contributed by atoms with Crippen LogP contribution in [0, 0.1) is 11.8 Å². The van der Waals surface area contributed by atoms with Crippen LogP contribution in [0.2, 0.25) is 0 Å². The first-order valence-electron chi connectivity index (χ1n) is 6.88. The molecule has 0 aliphatic carbocycles. The van der Waals surface area contributed by atoms with Crippen LogP contribution in [-0.2, 0) is 6.42 Å². The minimum Gasteiger partial charge on any atom is -0.313 e. The highest BCUT2D eigenvalue weighted by atomic mass is 32.1. The summed E-state index contributed by atoms with van der Waals surface area (Å²) in [5.41, 5.74) is 1.49. The second-order valence-electron chi connectivity index (χ2n) is 5.50. The van der Waals surface area contributed by atoms with Crippen LogP contribution in [0.25, 0.3) is 0 Å². The Balaban J connectivity index is 2.52. The van der Waals surface area contributed by atoms with Crippen LogP contribution in [0.5, 0.6) is 0 Å². The molecule has 1 aromatic rings. The normalized spacial score (nSPS) is 15.1. The molecule has 0 saturated heterocycles. The first-order chi connectivity index (χ1) is 8.13. The van der Waals surface area contributed by atoms with Crippen LogP contribution in [0.4, 0.5) is 0 Å². The summed E-state index contributed by atoms with van der Waals surface area (Å²) in [6.45, 7) is 10.4. The van der Waals surface area contributed by atoms with Crippen molar-refractivity contribution in [2.24, 2.45) is 11.8 Å². The highest BCUT2D eigenvalue weighted by Crippen LogP contribution is 2.19. The second-order valence-corrected chi connectivity index (χ2v) is 6.28. The van der Waals surface area contributed by atoms with Crippen molar-refractivity contribution in [3.05, 3.63) is 22.4 Å². The molecule has 0 spiro atoms. The van der Waals surface area contributed by atoms with Gasteiger partial charge in [0.15, 0.2) is 0 Å². The molecule has 2 atom stereocenters. The summed E-state index contributed by atoms with van der Waals surface area (Å²) in [4.78, 5) is 0. The van der Waals surface area contributed by atoms with E-state index < -0.39 is 0 Å². The van der Waals surface area contributed by atoms with Gasteiger partial charge in [0.25, 0.3) is 0 Å². The van der Waals surface area contributed by atoms with E-state index in [1.54, 1.807) is 11.3 Å². The van der Waals surface area contributed by atoms with Crippen LogP contribution >= 0.6 is 11.3 Å². The van der Waals surface area contributed by atoms with Crippen molar-refractivity contribution in [3.8, 4) is 0 Å². The summed E-state index contributed by atoms with van der Waals surface area (Å²) in [6.07, 6.45) is 3.71. The van der Waals surface area contributed by atoms with Gasteiger partial charge in [-0.1, -0.05) is 27.7 Å². The maximum Gasteiger partial charge on any atom is 0.0133 e. The molecular weight excluding hydrogens is 226 g/mol. The molecule has 17 heavy (non-hydrogen) atoms. The zero-order valence-electron chi connectivity index (χ0n) is 11.7. The summed E-state index contributed by atoms with van der Waals surface area (Å²) in [6, 6.07) is 2.89. The van der Waals surface area contributed by atoms with Crippen LogP contribution < -0.4 is 5.32 Å². The third-order valence-corrected chi connectivity index (χ3v) is 3.95. The summed E-state index contributed by atoms with van der Waals surface area (Å²) < 4.78 is 0. The predicted octanol–water partition coefficient (Wildman–Crippen LogP) is 4.34. The molecule has 1 nitrogen and oxygen atoms in total. The van der Waals surface area contributed by atoms with Crippen molar-refractivity contribution in [1.82, 2.24) is 5.32 Å². The quantitative estimate of drug-likeness (QED) is 0.726. The minimum absolute atomic E-state index is 0.631. The lowest BCUT2D eigenvalue weighted by molar-refractivity contribution is 0.321. The van der Waals surface area contributed by atoms with Gasteiger partial charge in [-0.2, -0.15) is 11.3 Å². The number of thiophene rings is 1. The van der Waals surface area contributed by atoms with Crippen molar-refractivity contribution < 1.29 is 0 Å². The Labute approximate surface area is 111 Å². The minimum atomic E-state index is 0.631. The van der Waals surface area contributed by atoms with Crippen LogP contribution in [0.3, 0.4) is 0 Å². The van der Waals surface area contributed by atoms with E-state index in [0.717, 1.165) is 18.4 Å². The van der Waals surface area contributed by atoms with E-state index in [9.17, 15) is 0 Å². The largest absolute Gasteiger partial charge is 0.313 e. The van der Waals surface area contributed by atoms with E-state index in [-0.39, 0.29) is 0 Å². The maximum absolute atomic E-state index is 3.72. The van der Waals surface area contributed by atoms with Gasteiger partial charge in [0.05, 0.1) is 0 Å². The Hall–Kier alpha value is -0.340. The summed E-state index contributed by atoms with van der Waals surface area (Å²) in [5.74, 6) is 1.54. The molecule has 1 heterocycles. The molecule has 0 aliphatic heterocycles. The van der Waals surface area contributed by atoms with Gasteiger partial charge in [-0.3, -0.25) is 0 Å². The molecule has 2 heteroatoms. The van der Waals surface area contributed by atoms with Gasteiger partial charge < -0.3 is 5.32 Å². The van der Waals surface area contributed by atoms with Crippen molar-refractivity contribution >= 4 is 11.3 Å². The molecule has 1 rings (SSSR count). The fourth-order valence-electron chi connectivity index (χ4n) is 2.37. The smallest absolute Gasteiger partial charge is 0.0133 e. The Kier molecular flexibility index (Phi) is 6.83. The molecule has 1 aromatic heterocycles. The van der Waals surface area contributed by atoms with E-state index >= 15 is 0 Å². The molecular formula is C15H27NS. The Morgan fingerprint density at radius 1 is 1.29 bits per heavy atom. The molecule has 0 aromatic carbocycles. The third-order valence-electron chi connectivity index (χ3n) is 3.22. The lowest BCUT2D eigenvalue weighted by atomic mass is 9.89. The van der Waals surface area contributed by atoms with Crippen molar-refractivity contribution in [1.29, 1.82) is 0 Å². The van der Waals surface area contributed by atoms with E-state index in [0.29, 0.717) is 6.04 Å². The first kappa shape index (κ1) is 14.7. The van der Waals surface area contributed by atoms with Gasteiger partial charge in [-0.05, 0) is 60.0 Å². The zero-order chi connectivity index (χ0) is 12.7. The second kappa shape index (κ2) is 7.88.